The number of hydrogen-bond acceptors (Lipinski definition) is 20. The molecule has 378 valence electrons. The number of nitrogen functional groups attached to an aromatic ring is 1. The second-order valence-electron chi connectivity index (χ2n) is 15.5. The second-order valence-corrected chi connectivity index (χ2v) is 19.9. The Kier molecular flexibility index (Phi) is 17.7. The van der Waals surface area contributed by atoms with Crippen molar-refractivity contribution in [2.24, 2.45) is 20.5 Å². The van der Waals surface area contributed by atoms with Crippen molar-refractivity contribution in [2.75, 3.05) is 44.0 Å². The number of hydrogen-bond donors (Lipinski definition) is 7. The first-order valence-corrected chi connectivity index (χ1v) is 25.7. The summed E-state index contributed by atoms with van der Waals surface area (Å²) in [4.78, 5) is 70.9. The zero-order chi connectivity index (χ0) is 51.7. The fourth-order valence-electron chi connectivity index (χ4n) is 7.03. The van der Waals surface area contributed by atoms with E-state index in [1.807, 2.05) is 31.2 Å². The minimum atomic E-state index is -5.75. The molecule has 3 aromatic carbocycles. The summed E-state index contributed by atoms with van der Waals surface area (Å²) in [5.41, 5.74) is 10.5. The Bertz CT molecular complexity index is 3050. The number of carbonyl (C=O) groups excluding carboxylic acids is 1. The van der Waals surface area contributed by atoms with Gasteiger partial charge in [-0.15, -0.1) is 15.3 Å². The van der Waals surface area contributed by atoms with Crippen LogP contribution < -0.4 is 20.7 Å². The van der Waals surface area contributed by atoms with Crippen LogP contribution >= 0.6 is 23.5 Å². The zero-order valence-corrected chi connectivity index (χ0v) is 40.9. The van der Waals surface area contributed by atoms with E-state index in [0.717, 1.165) is 11.3 Å². The normalized spacial score (nSPS) is 17.7. The molecule has 3 heterocycles. The lowest BCUT2D eigenvalue weighted by Crippen LogP contribution is -2.27. The molecule has 2 aromatic heterocycles. The van der Waals surface area contributed by atoms with E-state index in [1.165, 1.54) is 36.3 Å². The number of nitro benzene ring substituents is 1. The third-order valence-corrected chi connectivity index (χ3v) is 14.2. The minimum Gasteiger partial charge on any atom is -0.494 e. The number of nitrogens with one attached hydrogen (secondary N) is 1. The molecule has 27 nitrogen and oxygen atoms in total. The van der Waals surface area contributed by atoms with Crippen LogP contribution in [-0.4, -0.2) is 95.6 Å². The van der Waals surface area contributed by atoms with Crippen molar-refractivity contribution in [2.45, 2.75) is 58.5 Å². The number of aromatic nitrogens is 3. The van der Waals surface area contributed by atoms with Crippen LogP contribution in [0.5, 0.6) is 5.75 Å². The van der Waals surface area contributed by atoms with Gasteiger partial charge in [-0.2, -0.15) is 13.7 Å². The van der Waals surface area contributed by atoms with E-state index in [-0.39, 0.29) is 48.1 Å². The van der Waals surface area contributed by atoms with E-state index in [2.05, 4.69) is 65.6 Å². The molecule has 0 radical (unpaired) electrons. The van der Waals surface area contributed by atoms with Crippen molar-refractivity contribution in [3.63, 3.8) is 0 Å². The lowest BCUT2D eigenvalue weighted by atomic mass is 10.1. The molecular weight excluding hydrogens is 995 g/mol. The van der Waals surface area contributed by atoms with Gasteiger partial charge in [0.25, 0.3) is 5.69 Å². The quantitative estimate of drug-likeness (QED) is 0.0126. The number of nitrogens with two attached hydrogens (primary N) is 1. The summed E-state index contributed by atoms with van der Waals surface area (Å²) in [6.07, 6.45) is -0.226. The van der Waals surface area contributed by atoms with Gasteiger partial charge >= 0.3 is 23.5 Å². The average molecular weight is 1040 g/mol. The first-order chi connectivity index (χ1) is 33.5. The van der Waals surface area contributed by atoms with Gasteiger partial charge < -0.3 is 54.7 Å². The van der Waals surface area contributed by atoms with Crippen LogP contribution in [-0.2, 0) is 36.4 Å². The maximum atomic E-state index is 12.8. The fraction of sp³-hybridized carbons (Fsp3) is 0.341. The topological polar surface area (TPSA) is 380 Å². The SMILES string of the molecule is CCN(CCCC(=O)NCC#Cc1cn([C@H]2C[C@H](O)[C@@H](COP(=O)(O)OP(=O)(O)OP(=O)(O)O)O2)c2ncnc(N)c12)c1ccc(N=Nc2cc(C)c(N=Nc3ccc(C)cc3[N+](=O)[O-])cc2OC)cc1. The van der Waals surface area contributed by atoms with Crippen molar-refractivity contribution in [3.8, 4) is 17.6 Å². The number of carbonyl (C=O) groups is 1. The molecule has 2 unspecified atom stereocenters. The third-order valence-electron chi connectivity index (χ3n) is 10.4. The molecular formula is C41H48N11O16P3. The molecule has 0 bridgehead atoms. The molecule has 1 aliphatic rings. The number of aliphatic hydroxyl groups is 1. The number of phosphoric acid groups is 3. The maximum absolute atomic E-state index is 12.8. The monoisotopic (exact) mass is 1040 g/mol. The van der Waals surface area contributed by atoms with Crippen molar-refractivity contribution in [1.29, 1.82) is 0 Å². The van der Waals surface area contributed by atoms with Gasteiger partial charge in [-0.3, -0.25) is 19.4 Å². The first kappa shape index (κ1) is 54.0. The lowest BCUT2D eigenvalue weighted by molar-refractivity contribution is -0.384. The number of nitrogens with zero attached hydrogens (tertiary/aromatic N) is 9. The molecule has 1 fully saturated rings. The smallest absolute Gasteiger partial charge is 0.490 e. The number of aliphatic hydroxyl groups excluding tert-OH is 1. The standard InChI is InChI=1S/C41H48N11O16P3/c1-5-50(29-13-11-28(12-14-29)46-49-32-19-26(3)31(20-35(32)64-4)48-47-30-15-10-25(2)18-33(30)52(55)56)17-7-9-37(54)43-16-6-8-27-22-51(41-39(27)40(42)44-24-45-41)38-21-34(53)36(66-38)23-65-70(60,61)68-71(62,63)67-69(57,58)59/h10-15,18-20,22,24,34,36,38,53H,5,7,9,16-17,21,23H2,1-4H3,(H,43,54)(H,60,61)(H,62,63)(H2,42,44,45)(H2,57,58,59)/t34-,36+,38+/m0/s1. The van der Waals surface area contributed by atoms with E-state index in [4.69, 9.17) is 25.0 Å². The average Bonchev–Trinajstić information content (AvgIpc) is 3.86. The Hall–Kier alpha value is -6.36. The number of rotatable bonds is 21. The van der Waals surface area contributed by atoms with Crippen LogP contribution in [0, 0.1) is 35.8 Å². The van der Waals surface area contributed by atoms with Gasteiger partial charge in [0, 0.05) is 49.9 Å². The Balaban J connectivity index is 0.995. The van der Waals surface area contributed by atoms with E-state index < -0.39 is 53.4 Å². The third kappa shape index (κ3) is 14.8. The highest BCUT2D eigenvalue weighted by atomic mass is 31.3. The predicted molar refractivity (Wildman–Crippen MR) is 254 cm³/mol. The number of nitro groups is 1. The van der Waals surface area contributed by atoms with Gasteiger partial charge in [0.15, 0.2) is 5.69 Å². The summed E-state index contributed by atoms with van der Waals surface area (Å²) in [5, 5.41) is 42.4. The van der Waals surface area contributed by atoms with Gasteiger partial charge in [0.1, 0.15) is 41.6 Å². The van der Waals surface area contributed by atoms with Gasteiger partial charge in [-0.05, 0) is 74.7 Å². The zero-order valence-electron chi connectivity index (χ0n) is 38.2. The van der Waals surface area contributed by atoms with E-state index >= 15 is 0 Å². The molecule has 1 aliphatic heterocycles. The Morgan fingerprint density at radius 3 is 2.41 bits per heavy atom. The Labute approximate surface area is 404 Å². The van der Waals surface area contributed by atoms with Crippen molar-refractivity contribution in [1.82, 2.24) is 19.9 Å². The number of phosphoric ester groups is 1. The number of amides is 1. The summed E-state index contributed by atoms with van der Waals surface area (Å²) in [6.45, 7) is 5.90. The first-order valence-electron chi connectivity index (χ1n) is 21.2. The summed E-state index contributed by atoms with van der Waals surface area (Å²) in [7, 11) is -15.3. The van der Waals surface area contributed by atoms with Gasteiger partial charge in [0.2, 0.25) is 5.91 Å². The molecule has 1 saturated heterocycles. The summed E-state index contributed by atoms with van der Waals surface area (Å²) in [5.74, 6) is 6.04. The number of methoxy groups -OCH3 is 1. The molecule has 0 saturated carbocycles. The van der Waals surface area contributed by atoms with Crippen LogP contribution in [0.25, 0.3) is 11.0 Å². The number of benzene rings is 3. The molecule has 1 amide bonds. The van der Waals surface area contributed by atoms with Crippen LogP contribution in [0.1, 0.15) is 49.1 Å². The van der Waals surface area contributed by atoms with Crippen molar-refractivity contribution >= 4 is 80.4 Å². The molecule has 71 heavy (non-hydrogen) atoms. The second kappa shape index (κ2) is 23.2. The number of fused-ring (bicyclic) bond motifs is 1. The van der Waals surface area contributed by atoms with Crippen LogP contribution in [0.2, 0.25) is 0 Å². The molecule has 5 aromatic rings. The highest BCUT2D eigenvalue weighted by Gasteiger charge is 2.43. The van der Waals surface area contributed by atoms with E-state index in [9.17, 15) is 43.5 Å². The van der Waals surface area contributed by atoms with Crippen molar-refractivity contribution < 1.29 is 70.7 Å². The number of aryl methyl sites for hydroxylation is 2. The highest BCUT2D eigenvalue weighted by Crippen LogP contribution is 2.66. The van der Waals surface area contributed by atoms with Crippen LogP contribution in [0.3, 0.4) is 0 Å². The predicted octanol–water partition coefficient (Wildman–Crippen LogP) is 7.14. The largest absolute Gasteiger partial charge is 0.494 e. The van der Waals surface area contributed by atoms with E-state index in [1.54, 1.807) is 32.0 Å². The molecule has 30 heteroatoms. The summed E-state index contributed by atoms with van der Waals surface area (Å²) < 4.78 is 59.6. The highest BCUT2D eigenvalue weighted by molar-refractivity contribution is 7.66. The maximum Gasteiger partial charge on any atom is 0.490 e. The fourth-order valence-corrected chi connectivity index (χ4v) is 10.1. The van der Waals surface area contributed by atoms with Crippen LogP contribution in [0.15, 0.2) is 87.6 Å². The van der Waals surface area contributed by atoms with Crippen LogP contribution in [0.4, 0.5) is 39.9 Å². The molecule has 5 atom stereocenters. The minimum absolute atomic E-state index is 0.0184. The molecule has 6 rings (SSSR count). The van der Waals surface area contributed by atoms with Gasteiger partial charge in [-0.1, -0.05) is 17.9 Å². The van der Waals surface area contributed by atoms with E-state index in [0.29, 0.717) is 58.8 Å². The van der Waals surface area contributed by atoms with Gasteiger partial charge in [-0.25, -0.2) is 23.7 Å². The number of anilines is 2. The van der Waals surface area contributed by atoms with Crippen molar-refractivity contribution in [3.05, 3.63) is 93.9 Å². The molecule has 0 aliphatic carbocycles. The van der Waals surface area contributed by atoms with Gasteiger partial charge in [0.05, 0.1) is 53.6 Å². The lowest BCUT2D eigenvalue weighted by Gasteiger charge is -2.23. The Morgan fingerprint density at radius 1 is 1.00 bits per heavy atom. The Morgan fingerprint density at radius 2 is 1.72 bits per heavy atom. The molecule has 8 N–H and O–H groups in total. The molecule has 0 spiro atoms. The summed E-state index contributed by atoms with van der Waals surface area (Å²) >= 11 is 0. The summed E-state index contributed by atoms with van der Waals surface area (Å²) in [6, 6.07) is 15.5. The number of ether oxygens (including phenoxy) is 2. The number of azo groups is 2.